The first kappa shape index (κ1) is 11.4. The highest BCUT2D eigenvalue weighted by Gasteiger charge is 2.16. The second-order valence-corrected chi connectivity index (χ2v) is 1.97. The molecular formula is C9H5N3O2. The van der Waals surface area contributed by atoms with Gasteiger partial charge in [0.05, 0.1) is 0 Å². The molecule has 0 aromatic rings. The van der Waals surface area contributed by atoms with Crippen molar-refractivity contribution in [1.82, 2.24) is 0 Å². The minimum atomic E-state index is -0.995. The maximum Gasteiger partial charge on any atom is 0.351 e. The minimum Gasteiger partial charge on any atom is -0.457 e. The fraction of sp³-hybridized carbons (Fsp3) is 0.111. The Labute approximate surface area is 80.7 Å². The van der Waals surface area contributed by atoms with Gasteiger partial charge in [0.25, 0.3) is 0 Å². The number of hydrogen-bond donors (Lipinski definition) is 0. The van der Waals surface area contributed by atoms with Crippen LogP contribution in [0.25, 0.3) is 0 Å². The van der Waals surface area contributed by atoms with E-state index in [1.165, 1.54) is 24.3 Å². The van der Waals surface area contributed by atoms with E-state index in [1.807, 2.05) is 0 Å². The average molecular weight is 187 g/mol. The second kappa shape index (κ2) is 5.99. The van der Waals surface area contributed by atoms with Gasteiger partial charge in [-0.2, -0.15) is 15.8 Å². The summed E-state index contributed by atoms with van der Waals surface area (Å²) in [6.07, 6.45) is 1.31. The van der Waals surface area contributed by atoms with Gasteiger partial charge in [0.2, 0.25) is 0 Å². The summed E-state index contributed by atoms with van der Waals surface area (Å²) >= 11 is 0. The number of ether oxygens (including phenoxy) is 1. The maximum atomic E-state index is 11.0. The van der Waals surface area contributed by atoms with Gasteiger partial charge in [0, 0.05) is 0 Å². The number of rotatable bonds is 3. The van der Waals surface area contributed by atoms with Gasteiger partial charge >= 0.3 is 5.97 Å². The van der Waals surface area contributed by atoms with E-state index < -0.39 is 17.1 Å². The molecule has 68 valence electrons. The molecule has 0 aliphatic heterocycles. The molecular weight excluding hydrogens is 182 g/mol. The van der Waals surface area contributed by atoms with Gasteiger partial charge in [-0.1, -0.05) is 12.7 Å². The maximum absolute atomic E-state index is 11.0. The van der Waals surface area contributed by atoms with Crippen molar-refractivity contribution >= 4 is 5.97 Å². The van der Waals surface area contributed by atoms with Gasteiger partial charge in [-0.05, 0) is 0 Å². The molecule has 14 heavy (non-hydrogen) atoms. The lowest BCUT2D eigenvalue weighted by atomic mass is 10.1. The van der Waals surface area contributed by atoms with E-state index in [4.69, 9.17) is 15.8 Å². The third-order valence-electron chi connectivity index (χ3n) is 1.12. The Hall–Kier alpha value is -2.58. The normalized spacial score (nSPS) is 7.21. The highest BCUT2D eigenvalue weighted by molar-refractivity contribution is 5.95. The van der Waals surface area contributed by atoms with Gasteiger partial charge in [-0.25, -0.2) is 4.79 Å². The van der Waals surface area contributed by atoms with Gasteiger partial charge in [-0.15, -0.1) is 0 Å². The Balaban J connectivity index is 4.96. The Kier molecular flexibility index (Phi) is 4.89. The Morgan fingerprint density at radius 1 is 1.29 bits per heavy atom. The van der Waals surface area contributed by atoms with E-state index in [0.29, 0.717) is 0 Å². The summed E-state index contributed by atoms with van der Waals surface area (Å²) in [6.45, 7) is 3.22. The molecule has 0 bridgehead atoms. The molecule has 0 atom stereocenters. The molecule has 5 heteroatoms. The molecule has 0 saturated carbocycles. The highest BCUT2D eigenvalue weighted by atomic mass is 16.5. The van der Waals surface area contributed by atoms with Gasteiger partial charge < -0.3 is 4.74 Å². The number of nitriles is 3. The van der Waals surface area contributed by atoms with E-state index in [9.17, 15) is 4.79 Å². The quantitative estimate of drug-likeness (QED) is 0.278. The predicted molar refractivity (Wildman–Crippen MR) is 45.0 cm³/mol. The van der Waals surface area contributed by atoms with Crippen molar-refractivity contribution in [3.63, 3.8) is 0 Å². The van der Waals surface area contributed by atoms with Crippen LogP contribution < -0.4 is 0 Å². The van der Waals surface area contributed by atoms with Gasteiger partial charge in [-0.3, -0.25) is 0 Å². The molecule has 0 N–H and O–H groups in total. The van der Waals surface area contributed by atoms with Crippen LogP contribution in [0.4, 0.5) is 0 Å². The van der Waals surface area contributed by atoms with Crippen LogP contribution in [0.5, 0.6) is 0 Å². The zero-order chi connectivity index (χ0) is 11.0. The van der Waals surface area contributed by atoms with Crippen molar-refractivity contribution in [1.29, 1.82) is 15.8 Å². The van der Waals surface area contributed by atoms with E-state index in [2.05, 4.69) is 11.3 Å². The fourth-order valence-electron chi connectivity index (χ4n) is 0.547. The van der Waals surface area contributed by atoms with Crippen LogP contribution in [-0.2, 0) is 9.53 Å². The van der Waals surface area contributed by atoms with Crippen LogP contribution in [-0.4, -0.2) is 12.6 Å². The summed E-state index contributed by atoms with van der Waals surface area (Å²) in [5, 5.41) is 25.3. The molecule has 0 amide bonds. The Morgan fingerprint density at radius 2 is 1.86 bits per heavy atom. The molecule has 0 heterocycles. The monoisotopic (exact) mass is 187 g/mol. The van der Waals surface area contributed by atoms with Crippen LogP contribution in [0.15, 0.2) is 23.8 Å². The number of hydrogen-bond acceptors (Lipinski definition) is 5. The summed E-state index contributed by atoms with van der Waals surface area (Å²) in [5.74, 6) is -0.995. The van der Waals surface area contributed by atoms with E-state index in [-0.39, 0.29) is 6.61 Å². The zero-order valence-corrected chi connectivity index (χ0v) is 7.15. The molecule has 0 unspecified atom stereocenters. The summed E-state index contributed by atoms with van der Waals surface area (Å²) in [4.78, 5) is 11.0. The lowest BCUT2D eigenvalue weighted by Gasteiger charge is -1.98. The first-order chi connectivity index (χ1) is 6.71. The highest BCUT2D eigenvalue weighted by Crippen LogP contribution is 2.04. The molecule has 0 fully saturated rings. The molecule has 0 aromatic heterocycles. The molecule has 0 saturated heterocycles. The molecule has 0 aliphatic rings. The number of carbonyl (C=O) groups is 1. The molecule has 0 aliphatic carbocycles. The lowest BCUT2D eigenvalue weighted by molar-refractivity contribution is -0.137. The summed E-state index contributed by atoms with van der Waals surface area (Å²) < 4.78 is 4.49. The number of carbonyl (C=O) groups excluding carboxylic acids is 1. The largest absolute Gasteiger partial charge is 0.457 e. The standard InChI is InChI=1S/C9H5N3O2/c1-2-3-14-9(13)8(6-12)7(4-10)5-11/h2H,1,3H2. The Bertz CT molecular complexity index is 385. The van der Waals surface area contributed by atoms with Crippen LogP contribution in [0.1, 0.15) is 0 Å². The van der Waals surface area contributed by atoms with Crippen molar-refractivity contribution in [3.05, 3.63) is 23.8 Å². The van der Waals surface area contributed by atoms with Crippen LogP contribution >= 0.6 is 0 Å². The molecule has 0 spiro atoms. The lowest BCUT2D eigenvalue weighted by Crippen LogP contribution is -2.08. The zero-order valence-electron chi connectivity index (χ0n) is 7.15. The van der Waals surface area contributed by atoms with Crippen molar-refractivity contribution < 1.29 is 9.53 Å². The van der Waals surface area contributed by atoms with E-state index >= 15 is 0 Å². The van der Waals surface area contributed by atoms with Crippen molar-refractivity contribution in [2.45, 2.75) is 0 Å². The molecule has 0 radical (unpaired) electrons. The van der Waals surface area contributed by atoms with Crippen LogP contribution in [0, 0.1) is 34.0 Å². The fourth-order valence-corrected chi connectivity index (χ4v) is 0.547. The number of allylic oxidation sites excluding steroid dienone is 1. The van der Waals surface area contributed by atoms with Crippen molar-refractivity contribution in [3.8, 4) is 18.2 Å². The minimum absolute atomic E-state index is 0.0752. The van der Waals surface area contributed by atoms with Crippen LogP contribution in [0.3, 0.4) is 0 Å². The van der Waals surface area contributed by atoms with E-state index in [0.717, 1.165) is 0 Å². The third-order valence-corrected chi connectivity index (χ3v) is 1.12. The Morgan fingerprint density at radius 3 is 2.21 bits per heavy atom. The molecule has 0 aromatic carbocycles. The van der Waals surface area contributed by atoms with E-state index in [1.54, 1.807) is 0 Å². The first-order valence-corrected chi connectivity index (χ1v) is 3.43. The molecule has 0 rings (SSSR count). The first-order valence-electron chi connectivity index (χ1n) is 3.43. The smallest absolute Gasteiger partial charge is 0.351 e. The molecule has 5 nitrogen and oxygen atoms in total. The second-order valence-electron chi connectivity index (χ2n) is 1.97. The average Bonchev–Trinajstić information content (AvgIpc) is 2.22. The SMILES string of the molecule is C=CCOC(=O)C(C#N)=C(C#N)C#N. The van der Waals surface area contributed by atoms with Crippen molar-refractivity contribution in [2.75, 3.05) is 6.61 Å². The predicted octanol–water partition coefficient (Wildman–Crippen LogP) is 0.583. The summed E-state index contributed by atoms with van der Waals surface area (Å²) in [7, 11) is 0. The van der Waals surface area contributed by atoms with Crippen molar-refractivity contribution in [2.24, 2.45) is 0 Å². The number of nitrogens with zero attached hydrogens (tertiary/aromatic N) is 3. The van der Waals surface area contributed by atoms with Gasteiger partial charge in [0.15, 0.2) is 11.1 Å². The number of esters is 1. The van der Waals surface area contributed by atoms with Crippen LogP contribution in [0.2, 0.25) is 0 Å². The summed E-state index contributed by atoms with van der Waals surface area (Å²) in [5.41, 5.74) is -1.14. The topological polar surface area (TPSA) is 97.7 Å². The van der Waals surface area contributed by atoms with Gasteiger partial charge in [0.1, 0.15) is 24.8 Å². The summed E-state index contributed by atoms with van der Waals surface area (Å²) in [6, 6.07) is 4.30. The third kappa shape index (κ3) is 2.81.